The van der Waals surface area contributed by atoms with Gasteiger partial charge in [0.2, 0.25) is 0 Å². The highest BCUT2D eigenvalue weighted by atomic mass is 32.1. The Morgan fingerprint density at radius 1 is 1.64 bits per heavy atom. The second-order valence-corrected chi connectivity index (χ2v) is 3.53. The molecule has 4 heteroatoms. The van der Waals surface area contributed by atoms with E-state index in [1.807, 2.05) is 17.5 Å². The summed E-state index contributed by atoms with van der Waals surface area (Å²) in [7, 11) is 0. The van der Waals surface area contributed by atoms with E-state index in [9.17, 15) is 4.79 Å². The van der Waals surface area contributed by atoms with Crippen molar-refractivity contribution in [2.45, 2.75) is 6.92 Å². The first-order valence-corrected chi connectivity index (χ1v) is 4.01. The molecule has 0 saturated heterocycles. The molecule has 0 spiro atoms. The van der Waals surface area contributed by atoms with E-state index < -0.39 is 0 Å². The fourth-order valence-electron chi connectivity index (χ4n) is 0.986. The maximum atomic E-state index is 10.3. The summed E-state index contributed by atoms with van der Waals surface area (Å²) in [5.74, 6) is 0. The molecule has 0 amide bonds. The van der Waals surface area contributed by atoms with Gasteiger partial charge in [0.1, 0.15) is 5.69 Å². The third-order valence-corrected chi connectivity index (χ3v) is 2.32. The second kappa shape index (κ2) is 2.17. The van der Waals surface area contributed by atoms with E-state index in [1.54, 1.807) is 17.5 Å². The Morgan fingerprint density at radius 2 is 2.45 bits per heavy atom. The molecule has 0 N–H and O–H groups in total. The molecule has 0 aromatic carbocycles. The van der Waals surface area contributed by atoms with Gasteiger partial charge in [0.05, 0.1) is 0 Å². The van der Waals surface area contributed by atoms with E-state index in [-0.39, 0.29) is 0 Å². The van der Waals surface area contributed by atoms with Gasteiger partial charge in [-0.1, -0.05) is 0 Å². The summed E-state index contributed by atoms with van der Waals surface area (Å²) in [5.41, 5.74) is 0.497. The van der Waals surface area contributed by atoms with Gasteiger partial charge >= 0.3 is 0 Å². The minimum Gasteiger partial charge on any atom is -0.297 e. The number of hydrogen-bond acceptors (Lipinski definition) is 3. The zero-order chi connectivity index (χ0) is 7.84. The number of aromatic nitrogens is 2. The lowest BCUT2D eigenvalue weighted by atomic mass is 10.5. The minimum atomic E-state index is 0.497. The molecule has 0 atom stereocenters. The molecular formula is C7H6N2OS. The molecule has 2 rings (SSSR count). The summed E-state index contributed by atoms with van der Waals surface area (Å²) in [6.45, 7) is 2.01. The van der Waals surface area contributed by atoms with Gasteiger partial charge in [-0.25, -0.2) is 4.98 Å². The predicted octanol–water partition coefficient (Wildman–Crippen LogP) is 1.52. The summed E-state index contributed by atoms with van der Waals surface area (Å²) < 4.78 is 1.86. The molecular weight excluding hydrogens is 160 g/mol. The van der Waals surface area contributed by atoms with Gasteiger partial charge in [0.15, 0.2) is 11.2 Å². The highest BCUT2D eigenvalue weighted by Crippen LogP contribution is 2.15. The van der Waals surface area contributed by atoms with E-state index in [4.69, 9.17) is 0 Å². The standard InChI is InChI=1S/C7H6N2OS/c1-5-2-9-3-6(4-10)8-7(9)11-5/h2-4H,1H3. The van der Waals surface area contributed by atoms with Crippen LogP contribution in [-0.2, 0) is 0 Å². The van der Waals surface area contributed by atoms with E-state index in [1.165, 1.54) is 4.88 Å². The average Bonchev–Trinajstić information content (AvgIpc) is 2.43. The first kappa shape index (κ1) is 6.54. The van der Waals surface area contributed by atoms with Crippen LogP contribution in [-0.4, -0.2) is 15.7 Å². The van der Waals surface area contributed by atoms with Crippen LogP contribution >= 0.6 is 11.3 Å². The summed E-state index contributed by atoms with van der Waals surface area (Å²) >= 11 is 1.58. The molecule has 2 heterocycles. The van der Waals surface area contributed by atoms with Gasteiger partial charge in [-0.15, -0.1) is 11.3 Å². The maximum absolute atomic E-state index is 10.3. The smallest absolute Gasteiger partial charge is 0.194 e. The van der Waals surface area contributed by atoms with Crippen LogP contribution in [0.25, 0.3) is 4.96 Å². The van der Waals surface area contributed by atoms with Crippen LogP contribution < -0.4 is 0 Å². The largest absolute Gasteiger partial charge is 0.297 e. The van der Waals surface area contributed by atoms with Crippen LogP contribution in [0.3, 0.4) is 0 Å². The molecule has 11 heavy (non-hydrogen) atoms. The van der Waals surface area contributed by atoms with Gasteiger partial charge < -0.3 is 0 Å². The molecule has 2 aromatic heterocycles. The lowest BCUT2D eigenvalue weighted by Gasteiger charge is -1.74. The number of hydrogen-bond donors (Lipinski definition) is 0. The van der Waals surface area contributed by atoms with Gasteiger partial charge in [-0.3, -0.25) is 9.20 Å². The molecule has 0 fully saturated rings. The third-order valence-electron chi connectivity index (χ3n) is 1.41. The van der Waals surface area contributed by atoms with Crippen molar-refractivity contribution in [3.05, 3.63) is 23.0 Å². The Bertz CT molecular complexity index is 370. The first-order chi connectivity index (χ1) is 5.29. The average molecular weight is 166 g/mol. The van der Waals surface area contributed by atoms with Crippen molar-refractivity contribution in [1.29, 1.82) is 0 Å². The molecule has 56 valence electrons. The van der Waals surface area contributed by atoms with Crippen LogP contribution in [0, 0.1) is 6.92 Å². The molecule has 0 radical (unpaired) electrons. The van der Waals surface area contributed by atoms with Crippen molar-refractivity contribution >= 4 is 22.6 Å². The summed E-state index contributed by atoms with van der Waals surface area (Å²) in [4.78, 5) is 16.4. The van der Waals surface area contributed by atoms with Crippen LogP contribution in [0.4, 0.5) is 0 Å². The molecule has 0 aliphatic rings. The number of thiazole rings is 1. The summed E-state index contributed by atoms with van der Waals surface area (Å²) in [5, 5.41) is 0. The Labute approximate surface area is 67.3 Å². The Morgan fingerprint density at radius 3 is 3.09 bits per heavy atom. The van der Waals surface area contributed by atoms with Crippen LogP contribution in [0.5, 0.6) is 0 Å². The van der Waals surface area contributed by atoms with Gasteiger partial charge in [-0.2, -0.15) is 0 Å². The van der Waals surface area contributed by atoms with E-state index in [2.05, 4.69) is 4.98 Å². The number of nitrogens with zero attached hydrogens (tertiary/aromatic N) is 2. The monoisotopic (exact) mass is 166 g/mol. The van der Waals surface area contributed by atoms with Crippen molar-refractivity contribution in [3.63, 3.8) is 0 Å². The second-order valence-electron chi connectivity index (χ2n) is 2.32. The molecule has 2 aromatic rings. The fourth-order valence-corrected chi connectivity index (χ4v) is 1.80. The van der Waals surface area contributed by atoms with Gasteiger partial charge in [-0.05, 0) is 6.92 Å². The number of carbonyl (C=O) groups is 1. The zero-order valence-electron chi connectivity index (χ0n) is 5.94. The van der Waals surface area contributed by atoms with Crippen molar-refractivity contribution in [2.75, 3.05) is 0 Å². The number of aryl methyl sites for hydroxylation is 1. The molecule has 0 unspecified atom stereocenters. The number of imidazole rings is 1. The van der Waals surface area contributed by atoms with Crippen molar-refractivity contribution < 1.29 is 4.79 Å². The molecule has 0 aliphatic carbocycles. The van der Waals surface area contributed by atoms with Crippen LogP contribution in [0.15, 0.2) is 12.4 Å². The molecule has 0 saturated carbocycles. The number of aldehydes is 1. The number of carbonyl (C=O) groups excluding carboxylic acids is 1. The normalized spacial score (nSPS) is 10.6. The van der Waals surface area contributed by atoms with Crippen molar-refractivity contribution in [2.24, 2.45) is 0 Å². The van der Waals surface area contributed by atoms with Gasteiger partial charge in [0.25, 0.3) is 0 Å². The third kappa shape index (κ3) is 0.952. The van der Waals surface area contributed by atoms with Crippen molar-refractivity contribution in [3.8, 4) is 0 Å². The van der Waals surface area contributed by atoms with Gasteiger partial charge in [0, 0.05) is 17.3 Å². The predicted molar refractivity (Wildman–Crippen MR) is 43.2 cm³/mol. The maximum Gasteiger partial charge on any atom is 0.194 e. The highest BCUT2D eigenvalue weighted by Gasteiger charge is 2.01. The Hall–Kier alpha value is -1.16. The fraction of sp³-hybridized carbons (Fsp3) is 0.143. The summed E-state index contributed by atoms with van der Waals surface area (Å²) in [6, 6.07) is 0. The molecule has 0 bridgehead atoms. The highest BCUT2D eigenvalue weighted by molar-refractivity contribution is 7.16. The lowest BCUT2D eigenvalue weighted by Crippen LogP contribution is -1.74. The Kier molecular flexibility index (Phi) is 1.29. The lowest BCUT2D eigenvalue weighted by molar-refractivity contribution is 0.111. The summed E-state index contributed by atoms with van der Waals surface area (Å²) in [6.07, 6.45) is 4.45. The SMILES string of the molecule is Cc1cn2cc(C=O)nc2s1. The topological polar surface area (TPSA) is 34.4 Å². The van der Waals surface area contributed by atoms with E-state index in [0.29, 0.717) is 5.69 Å². The van der Waals surface area contributed by atoms with E-state index >= 15 is 0 Å². The first-order valence-electron chi connectivity index (χ1n) is 3.20. The minimum absolute atomic E-state index is 0.497. The quantitative estimate of drug-likeness (QED) is 0.602. The molecule has 0 aliphatic heterocycles. The van der Waals surface area contributed by atoms with Crippen molar-refractivity contribution in [1.82, 2.24) is 9.38 Å². The van der Waals surface area contributed by atoms with Crippen LogP contribution in [0.1, 0.15) is 15.4 Å². The molecule has 3 nitrogen and oxygen atoms in total. The van der Waals surface area contributed by atoms with Crippen LogP contribution in [0.2, 0.25) is 0 Å². The number of rotatable bonds is 1. The number of fused-ring (bicyclic) bond motifs is 1. The Balaban J connectivity index is 2.72. The zero-order valence-corrected chi connectivity index (χ0v) is 6.76. The van der Waals surface area contributed by atoms with E-state index in [0.717, 1.165) is 11.2 Å².